The maximum atomic E-state index is 12.1. The maximum absolute atomic E-state index is 12.1. The molecule has 1 aromatic heterocycles. The number of aromatic nitrogens is 2. The number of hydrogen-bond donors (Lipinski definition) is 2. The first-order valence-electron chi connectivity index (χ1n) is 10.6. The number of ether oxygens (including phenoxy) is 1. The summed E-state index contributed by atoms with van der Waals surface area (Å²) >= 11 is 0. The van der Waals surface area contributed by atoms with Gasteiger partial charge in [-0.1, -0.05) is 23.4 Å². The van der Waals surface area contributed by atoms with Crippen LogP contribution in [0.4, 0.5) is 0 Å². The maximum Gasteiger partial charge on any atom is 0.258 e. The van der Waals surface area contributed by atoms with Crippen LogP contribution in [0.25, 0.3) is 22.8 Å². The zero-order valence-corrected chi connectivity index (χ0v) is 19.1. The van der Waals surface area contributed by atoms with Crippen molar-refractivity contribution in [3.63, 3.8) is 0 Å². The summed E-state index contributed by atoms with van der Waals surface area (Å²) in [6, 6.07) is 12.5. The number of nitrogens with one attached hydrogen (secondary N) is 1. The normalized spacial score (nSPS) is 15.4. The molecule has 2 aromatic carbocycles. The lowest BCUT2D eigenvalue weighted by Gasteiger charge is -2.14. The van der Waals surface area contributed by atoms with Crippen LogP contribution in [0.3, 0.4) is 0 Å². The molecule has 0 saturated heterocycles. The molecule has 0 radical (unpaired) electrons. The second-order valence-electron chi connectivity index (χ2n) is 8.04. The fourth-order valence-corrected chi connectivity index (χ4v) is 4.98. The van der Waals surface area contributed by atoms with Crippen LogP contribution in [0.15, 0.2) is 40.9 Å². The molecule has 1 heterocycles. The molecular weight excluding hydrogens is 444 g/mol. The topological polar surface area (TPSA) is 138 Å². The third kappa shape index (κ3) is 4.90. The minimum Gasteiger partial charge on any atom is -0.490 e. The fraction of sp³-hybridized carbons (Fsp3) is 0.348. The molecule has 1 atom stereocenters. The lowest BCUT2D eigenvalue weighted by atomic mass is 10.0. The fourth-order valence-electron chi connectivity index (χ4n) is 3.94. The molecule has 172 valence electrons. The summed E-state index contributed by atoms with van der Waals surface area (Å²) in [5.41, 5.74) is 3.57. The minimum atomic E-state index is -3.57. The molecule has 9 nitrogen and oxygen atoms in total. The SMILES string of the molecule is CC(C)Oc1ccc(-c2nc(-c3cccc4c3CC[C@@H]4NS(=O)(=O)CCO)no2)cc1C#N. The zero-order chi connectivity index (χ0) is 23.6. The first-order valence-corrected chi connectivity index (χ1v) is 12.2. The van der Waals surface area contributed by atoms with E-state index >= 15 is 0 Å². The quantitative estimate of drug-likeness (QED) is 0.514. The Bertz CT molecular complexity index is 1310. The van der Waals surface area contributed by atoms with Gasteiger partial charge in [0, 0.05) is 17.2 Å². The van der Waals surface area contributed by atoms with Gasteiger partial charge in [-0.25, -0.2) is 13.1 Å². The molecule has 4 rings (SSSR count). The van der Waals surface area contributed by atoms with Crippen molar-refractivity contribution in [3.8, 4) is 34.7 Å². The van der Waals surface area contributed by atoms with E-state index in [1.165, 1.54) is 0 Å². The lowest BCUT2D eigenvalue weighted by molar-refractivity contribution is 0.241. The van der Waals surface area contributed by atoms with E-state index in [9.17, 15) is 13.7 Å². The molecule has 0 amide bonds. The van der Waals surface area contributed by atoms with Crippen LogP contribution in [0.2, 0.25) is 0 Å². The van der Waals surface area contributed by atoms with E-state index in [0.29, 0.717) is 35.5 Å². The van der Waals surface area contributed by atoms with Gasteiger partial charge in [0.25, 0.3) is 5.89 Å². The van der Waals surface area contributed by atoms with Crippen LogP contribution in [-0.2, 0) is 16.4 Å². The first kappa shape index (κ1) is 22.9. The average molecular weight is 469 g/mol. The Balaban J connectivity index is 1.63. The number of aliphatic hydroxyl groups is 1. The molecule has 10 heteroatoms. The highest BCUT2D eigenvalue weighted by molar-refractivity contribution is 7.89. The zero-order valence-electron chi connectivity index (χ0n) is 18.3. The molecule has 3 aromatic rings. The van der Waals surface area contributed by atoms with Crippen molar-refractivity contribution in [2.24, 2.45) is 0 Å². The third-order valence-electron chi connectivity index (χ3n) is 5.33. The number of aliphatic hydroxyl groups excluding tert-OH is 1. The van der Waals surface area contributed by atoms with Crippen LogP contribution in [0, 0.1) is 11.3 Å². The van der Waals surface area contributed by atoms with Gasteiger partial charge < -0.3 is 14.4 Å². The highest BCUT2D eigenvalue weighted by atomic mass is 32.2. The van der Waals surface area contributed by atoms with Gasteiger partial charge >= 0.3 is 0 Å². The Hall–Kier alpha value is -3.26. The Morgan fingerprint density at radius 2 is 2.15 bits per heavy atom. The molecule has 1 aliphatic rings. The van der Waals surface area contributed by atoms with Gasteiger partial charge in [0.05, 0.1) is 24.0 Å². The average Bonchev–Trinajstić information content (AvgIpc) is 3.41. The number of sulfonamides is 1. The van der Waals surface area contributed by atoms with Crippen LogP contribution in [0.5, 0.6) is 5.75 Å². The molecular formula is C23H24N4O5S. The van der Waals surface area contributed by atoms with E-state index in [2.05, 4.69) is 20.9 Å². The van der Waals surface area contributed by atoms with Crippen molar-refractivity contribution in [2.75, 3.05) is 12.4 Å². The summed E-state index contributed by atoms with van der Waals surface area (Å²) < 4.78 is 38.0. The Labute approximate surface area is 192 Å². The summed E-state index contributed by atoms with van der Waals surface area (Å²) in [4.78, 5) is 4.52. The number of rotatable bonds is 8. The third-order valence-corrected chi connectivity index (χ3v) is 6.69. The van der Waals surface area contributed by atoms with Crippen molar-refractivity contribution >= 4 is 10.0 Å². The number of nitriles is 1. The molecule has 0 unspecified atom stereocenters. The summed E-state index contributed by atoms with van der Waals surface area (Å²) in [6.45, 7) is 3.35. The number of fused-ring (bicyclic) bond motifs is 1. The van der Waals surface area contributed by atoms with Crippen LogP contribution >= 0.6 is 0 Å². The highest BCUT2D eigenvalue weighted by Gasteiger charge is 2.29. The molecule has 0 aliphatic heterocycles. The first-order chi connectivity index (χ1) is 15.8. The van der Waals surface area contributed by atoms with Gasteiger partial charge in [-0.15, -0.1) is 0 Å². The molecule has 0 spiro atoms. The minimum absolute atomic E-state index is 0.0601. The summed E-state index contributed by atoms with van der Waals surface area (Å²) in [5, 5.41) is 22.6. The van der Waals surface area contributed by atoms with Gasteiger partial charge in [0.1, 0.15) is 11.8 Å². The van der Waals surface area contributed by atoms with Crippen molar-refractivity contribution in [1.82, 2.24) is 14.9 Å². The Kier molecular flexibility index (Phi) is 6.47. The monoisotopic (exact) mass is 468 g/mol. The molecule has 0 fully saturated rings. The van der Waals surface area contributed by atoms with Crippen molar-refractivity contribution in [2.45, 2.75) is 38.8 Å². The Morgan fingerprint density at radius 3 is 2.88 bits per heavy atom. The predicted octanol–water partition coefficient (Wildman–Crippen LogP) is 2.96. The van der Waals surface area contributed by atoms with Crippen molar-refractivity contribution < 1.29 is 22.8 Å². The van der Waals surface area contributed by atoms with E-state index in [1.54, 1.807) is 18.2 Å². The van der Waals surface area contributed by atoms with Crippen LogP contribution in [-0.4, -0.2) is 42.1 Å². The number of nitrogens with zero attached hydrogens (tertiary/aromatic N) is 3. The van der Waals surface area contributed by atoms with E-state index in [0.717, 1.165) is 16.7 Å². The predicted molar refractivity (Wildman–Crippen MR) is 121 cm³/mol. The van der Waals surface area contributed by atoms with E-state index in [4.69, 9.17) is 14.4 Å². The molecule has 0 bridgehead atoms. The van der Waals surface area contributed by atoms with Gasteiger partial charge in [0.15, 0.2) is 0 Å². The van der Waals surface area contributed by atoms with E-state index in [1.807, 2.05) is 32.0 Å². The second-order valence-corrected chi connectivity index (χ2v) is 9.91. The standard InChI is InChI=1S/C23H24N4O5S/c1-14(2)31-21-9-6-15(12-16(21)13-24)23-25-22(26-32-23)19-5-3-4-18-17(19)7-8-20(18)27-33(29,30)11-10-28/h3-6,9,12,14,20,27-28H,7-8,10-11H2,1-2H3/t20-/m0/s1. The van der Waals surface area contributed by atoms with Gasteiger partial charge in [0.2, 0.25) is 15.8 Å². The van der Waals surface area contributed by atoms with Gasteiger partial charge in [-0.2, -0.15) is 10.2 Å². The largest absolute Gasteiger partial charge is 0.490 e. The summed E-state index contributed by atoms with van der Waals surface area (Å²) in [5.74, 6) is 0.819. The van der Waals surface area contributed by atoms with Crippen LogP contribution < -0.4 is 9.46 Å². The lowest BCUT2D eigenvalue weighted by Crippen LogP contribution is -2.30. The van der Waals surface area contributed by atoms with E-state index < -0.39 is 16.6 Å². The molecule has 33 heavy (non-hydrogen) atoms. The molecule has 0 saturated carbocycles. The summed E-state index contributed by atoms with van der Waals surface area (Å²) in [7, 11) is -3.57. The van der Waals surface area contributed by atoms with Crippen LogP contribution in [0.1, 0.15) is 43.0 Å². The summed E-state index contributed by atoms with van der Waals surface area (Å²) in [6.07, 6.45) is 1.20. The second kappa shape index (κ2) is 9.31. The smallest absolute Gasteiger partial charge is 0.258 e. The number of benzene rings is 2. The van der Waals surface area contributed by atoms with Crippen molar-refractivity contribution in [3.05, 3.63) is 53.1 Å². The van der Waals surface area contributed by atoms with Crippen molar-refractivity contribution in [1.29, 1.82) is 5.26 Å². The number of hydrogen-bond acceptors (Lipinski definition) is 8. The Morgan fingerprint density at radius 1 is 1.33 bits per heavy atom. The van der Waals surface area contributed by atoms with Gasteiger partial charge in [-0.05, 0) is 56.0 Å². The molecule has 2 N–H and O–H groups in total. The van der Waals surface area contributed by atoms with Gasteiger partial charge in [-0.3, -0.25) is 0 Å². The molecule has 1 aliphatic carbocycles. The van der Waals surface area contributed by atoms with E-state index in [-0.39, 0.29) is 23.8 Å². The highest BCUT2D eigenvalue weighted by Crippen LogP contribution is 2.38.